The highest BCUT2D eigenvalue weighted by Crippen LogP contribution is 2.15. The molecule has 0 aliphatic rings. The molecule has 3 heteroatoms. The van der Waals surface area contributed by atoms with Gasteiger partial charge in [0.1, 0.15) is 13.2 Å². The van der Waals surface area contributed by atoms with Crippen molar-refractivity contribution in [2.24, 2.45) is 0 Å². The Balaban J connectivity index is 4.66. The molecule has 0 aromatic carbocycles. The zero-order valence-corrected chi connectivity index (χ0v) is 15.5. The van der Waals surface area contributed by atoms with Crippen LogP contribution in [0.15, 0.2) is 12.2 Å². The minimum absolute atomic E-state index is 0.252. The van der Waals surface area contributed by atoms with Crippen molar-refractivity contribution in [2.45, 2.75) is 72.6 Å². The van der Waals surface area contributed by atoms with Gasteiger partial charge in [-0.25, -0.2) is 4.79 Å². The van der Waals surface area contributed by atoms with Crippen LogP contribution in [0.2, 0.25) is 0 Å². The van der Waals surface area contributed by atoms with Crippen LogP contribution in [-0.2, 0) is 9.53 Å². The van der Waals surface area contributed by atoms with E-state index < -0.39 is 0 Å². The zero-order valence-electron chi connectivity index (χ0n) is 15.5. The van der Waals surface area contributed by atoms with Gasteiger partial charge in [0.15, 0.2) is 0 Å². The quantitative estimate of drug-likeness (QED) is 0.201. The summed E-state index contributed by atoms with van der Waals surface area (Å²) >= 11 is 0. The van der Waals surface area contributed by atoms with Gasteiger partial charge in [-0.15, -0.1) is 0 Å². The van der Waals surface area contributed by atoms with Gasteiger partial charge < -0.3 is 9.22 Å². The van der Waals surface area contributed by atoms with Crippen molar-refractivity contribution in [3.05, 3.63) is 12.2 Å². The second-order valence-corrected chi connectivity index (χ2v) is 6.57. The zero-order chi connectivity index (χ0) is 16.8. The van der Waals surface area contributed by atoms with Gasteiger partial charge in [0.2, 0.25) is 0 Å². The first-order chi connectivity index (χ1) is 10.5. The summed E-state index contributed by atoms with van der Waals surface area (Å²) in [5, 5.41) is 0. The first-order valence-electron chi connectivity index (χ1n) is 9.19. The second kappa shape index (κ2) is 12.7. The molecule has 0 amide bonds. The van der Waals surface area contributed by atoms with E-state index in [0.717, 1.165) is 11.0 Å². The topological polar surface area (TPSA) is 26.3 Å². The Morgan fingerprint density at radius 3 is 1.82 bits per heavy atom. The normalized spacial score (nSPS) is 11.5. The first-order valence-corrected chi connectivity index (χ1v) is 9.19. The number of nitrogens with zero attached hydrogens (tertiary/aromatic N) is 1. The predicted molar refractivity (Wildman–Crippen MR) is 94.8 cm³/mol. The largest absolute Gasteiger partial charge is 0.456 e. The maximum atomic E-state index is 11.6. The minimum atomic E-state index is -0.252. The van der Waals surface area contributed by atoms with Gasteiger partial charge in [-0.1, -0.05) is 46.6 Å². The molecular weight excluding hydrogens is 274 g/mol. The number of unbranched alkanes of at least 4 members (excludes halogenated alkanes) is 4. The van der Waals surface area contributed by atoms with E-state index in [4.69, 9.17) is 4.74 Å². The number of esters is 1. The lowest BCUT2D eigenvalue weighted by Gasteiger charge is -2.39. The van der Waals surface area contributed by atoms with E-state index in [1.807, 2.05) is 0 Å². The molecule has 0 N–H and O–H groups in total. The van der Waals surface area contributed by atoms with Crippen molar-refractivity contribution in [3.63, 3.8) is 0 Å². The van der Waals surface area contributed by atoms with Gasteiger partial charge in [0.25, 0.3) is 0 Å². The van der Waals surface area contributed by atoms with Gasteiger partial charge >= 0.3 is 5.97 Å². The summed E-state index contributed by atoms with van der Waals surface area (Å²) in [5.41, 5.74) is 0.492. The number of carbonyl (C=O) groups excluding carboxylic acids is 1. The average molecular weight is 313 g/mol. The molecule has 0 saturated heterocycles. The maximum Gasteiger partial charge on any atom is 0.333 e. The minimum Gasteiger partial charge on any atom is -0.456 e. The molecule has 3 nitrogen and oxygen atoms in total. The summed E-state index contributed by atoms with van der Waals surface area (Å²) in [5.74, 6) is -0.252. The van der Waals surface area contributed by atoms with Crippen molar-refractivity contribution in [1.29, 1.82) is 0 Å². The lowest BCUT2D eigenvalue weighted by Crippen LogP contribution is -2.52. The molecule has 0 saturated carbocycles. The van der Waals surface area contributed by atoms with E-state index in [1.165, 1.54) is 64.6 Å². The van der Waals surface area contributed by atoms with Crippen molar-refractivity contribution < 1.29 is 14.0 Å². The third-order valence-electron chi connectivity index (χ3n) is 4.36. The number of hydrogen-bond donors (Lipinski definition) is 0. The Kier molecular flexibility index (Phi) is 12.2. The molecule has 0 rings (SSSR count). The fourth-order valence-corrected chi connectivity index (χ4v) is 2.81. The highest BCUT2D eigenvalue weighted by molar-refractivity contribution is 5.86. The number of hydrogen-bond acceptors (Lipinski definition) is 2. The Morgan fingerprint density at radius 1 is 0.864 bits per heavy atom. The van der Waals surface area contributed by atoms with Gasteiger partial charge in [-0.2, -0.15) is 0 Å². The molecule has 22 heavy (non-hydrogen) atoms. The van der Waals surface area contributed by atoms with Gasteiger partial charge in [-0.05, 0) is 32.6 Å². The Morgan fingerprint density at radius 2 is 1.36 bits per heavy atom. The van der Waals surface area contributed by atoms with Crippen LogP contribution < -0.4 is 0 Å². The smallest absolute Gasteiger partial charge is 0.333 e. The van der Waals surface area contributed by atoms with E-state index in [1.54, 1.807) is 6.92 Å². The molecule has 0 radical (unpaired) electrons. The van der Waals surface area contributed by atoms with Crippen LogP contribution in [-0.4, -0.2) is 43.2 Å². The predicted octanol–water partition coefficient (Wildman–Crippen LogP) is 4.71. The lowest BCUT2D eigenvalue weighted by atomic mass is 10.1. The van der Waals surface area contributed by atoms with Crippen molar-refractivity contribution >= 4 is 5.97 Å². The third-order valence-corrected chi connectivity index (χ3v) is 4.36. The summed E-state index contributed by atoms with van der Waals surface area (Å²) < 4.78 is 6.49. The fourth-order valence-electron chi connectivity index (χ4n) is 2.81. The molecule has 0 aliphatic heterocycles. The van der Waals surface area contributed by atoms with Crippen LogP contribution >= 0.6 is 0 Å². The van der Waals surface area contributed by atoms with Crippen LogP contribution in [0.3, 0.4) is 0 Å². The monoisotopic (exact) mass is 312 g/mol. The van der Waals surface area contributed by atoms with Crippen molar-refractivity contribution in [2.75, 3.05) is 32.8 Å². The summed E-state index contributed by atoms with van der Waals surface area (Å²) in [6, 6.07) is 0. The number of quaternary nitrogens is 1. The van der Waals surface area contributed by atoms with E-state index >= 15 is 0 Å². The van der Waals surface area contributed by atoms with Gasteiger partial charge in [0, 0.05) is 5.57 Å². The molecule has 0 heterocycles. The number of carbonyl (C=O) groups is 1. The second-order valence-electron chi connectivity index (χ2n) is 6.57. The summed E-state index contributed by atoms with van der Waals surface area (Å²) in [7, 11) is 0. The first kappa shape index (κ1) is 21.2. The molecule has 0 unspecified atom stereocenters. The fraction of sp³-hybridized carbons (Fsp3) is 0.842. The Bertz CT molecular complexity index is 305. The SMILES string of the molecule is C=C(C)C(=O)OCC[N+](CCCC)(CCCC)CCCCC. The lowest BCUT2D eigenvalue weighted by molar-refractivity contribution is -0.929. The van der Waals surface area contributed by atoms with Crippen LogP contribution in [0.1, 0.15) is 72.6 Å². The van der Waals surface area contributed by atoms with E-state index in [9.17, 15) is 4.79 Å². The molecule has 0 aromatic rings. The van der Waals surface area contributed by atoms with Gasteiger partial charge in [-0.3, -0.25) is 0 Å². The molecule has 0 spiro atoms. The van der Waals surface area contributed by atoms with Gasteiger partial charge in [0.05, 0.1) is 19.6 Å². The Labute approximate surface area is 138 Å². The molecule has 0 aromatic heterocycles. The standard InChI is InChI=1S/C19H38NO2/c1-6-9-12-15-20(13-10-7-2,14-11-8-3)16-17-22-19(21)18(4)5/h4,6-17H2,1-3,5H3/q+1. The van der Waals surface area contributed by atoms with Crippen LogP contribution in [0, 0.1) is 0 Å². The van der Waals surface area contributed by atoms with E-state index in [0.29, 0.717) is 12.2 Å². The number of ether oxygens (including phenoxy) is 1. The van der Waals surface area contributed by atoms with Crippen LogP contribution in [0.5, 0.6) is 0 Å². The molecule has 0 fully saturated rings. The van der Waals surface area contributed by atoms with Crippen LogP contribution in [0.25, 0.3) is 0 Å². The Hall–Kier alpha value is -0.830. The highest BCUT2D eigenvalue weighted by atomic mass is 16.5. The van der Waals surface area contributed by atoms with Crippen molar-refractivity contribution in [3.8, 4) is 0 Å². The third kappa shape index (κ3) is 9.24. The molecule has 0 aliphatic carbocycles. The van der Waals surface area contributed by atoms with Crippen molar-refractivity contribution in [1.82, 2.24) is 0 Å². The summed E-state index contributed by atoms with van der Waals surface area (Å²) in [6.07, 6.45) is 8.79. The average Bonchev–Trinajstić information content (AvgIpc) is 2.50. The highest BCUT2D eigenvalue weighted by Gasteiger charge is 2.26. The molecule has 0 bridgehead atoms. The summed E-state index contributed by atoms with van der Waals surface area (Å²) in [6.45, 7) is 17.2. The van der Waals surface area contributed by atoms with E-state index in [2.05, 4.69) is 27.4 Å². The van der Waals surface area contributed by atoms with Crippen LogP contribution in [0.4, 0.5) is 0 Å². The number of rotatable bonds is 14. The van der Waals surface area contributed by atoms with E-state index in [-0.39, 0.29) is 5.97 Å². The summed E-state index contributed by atoms with van der Waals surface area (Å²) in [4.78, 5) is 11.6. The molecule has 130 valence electrons. The molecule has 0 atom stereocenters. The molecular formula is C19H38NO2+. The maximum absolute atomic E-state index is 11.6.